The summed E-state index contributed by atoms with van der Waals surface area (Å²) < 4.78 is 28.9. The number of carbonyl (C=O) groups excluding carboxylic acids is 2. The summed E-state index contributed by atoms with van der Waals surface area (Å²) >= 11 is 0. The normalized spacial score (nSPS) is 11.9. The second-order valence-corrected chi connectivity index (χ2v) is 11.8. The van der Waals surface area contributed by atoms with Crippen molar-refractivity contribution >= 4 is 27.5 Å². The van der Waals surface area contributed by atoms with Gasteiger partial charge in [-0.15, -0.1) is 0 Å². The molecule has 1 N–H and O–H groups in total. The quantitative estimate of drug-likeness (QED) is 0.279. The summed E-state index contributed by atoms with van der Waals surface area (Å²) in [4.78, 5) is 29.1. The minimum atomic E-state index is -4.10. The molecule has 0 aromatic heterocycles. The lowest BCUT2D eigenvalue weighted by atomic mass is 10.0. The third-order valence-electron chi connectivity index (χ3n) is 6.92. The van der Waals surface area contributed by atoms with Crippen molar-refractivity contribution in [2.45, 2.75) is 37.8 Å². The first kappa shape index (κ1) is 29.6. The van der Waals surface area contributed by atoms with Crippen LogP contribution in [0.15, 0.2) is 114 Å². The minimum Gasteiger partial charge on any atom is -0.357 e. The van der Waals surface area contributed by atoms with Gasteiger partial charge in [-0.2, -0.15) is 0 Å². The van der Waals surface area contributed by atoms with Crippen molar-refractivity contribution in [3.63, 3.8) is 0 Å². The first-order chi connectivity index (χ1) is 19.7. The van der Waals surface area contributed by atoms with Crippen molar-refractivity contribution in [3.05, 3.63) is 131 Å². The van der Waals surface area contributed by atoms with Crippen LogP contribution >= 0.6 is 0 Å². The molecule has 0 aliphatic heterocycles. The number of benzene rings is 4. The topological polar surface area (TPSA) is 86.8 Å². The molecule has 0 saturated carbocycles. The Morgan fingerprint density at radius 2 is 1.27 bits per heavy atom. The van der Waals surface area contributed by atoms with Gasteiger partial charge in [-0.3, -0.25) is 13.9 Å². The van der Waals surface area contributed by atoms with E-state index < -0.39 is 28.5 Å². The first-order valence-electron chi connectivity index (χ1n) is 13.4. The monoisotopic (exact) mass is 569 g/mol. The summed E-state index contributed by atoms with van der Waals surface area (Å²) in [5.41, 5.74) is 4.11. The molecule has 1 unspecified atom stereocenters. The van der Waals surface area contributed by atoms with Gasteiger partial charge in [-0.05, 0) is 49.2 Å². The zero-order valence-corrected chi connectivity index (χ0v) is 24.3. The summed E-state index contributed by atoms with van der Waals surface area (Å²) in [5, 5.41) is 2.70. The smallest absolute Gasteiger partial charge is 0.264 e. The number of nitrogens with zero attached hydrogens (tertiary/aromatic N) is 2. The molecule has 212 valence electrons. The molecule has 0 radical (unpaired) electrons. The van der Waals surface area contributed by atoms with Gasteiger partial charge in [-0.1, -0.05) is 96.1 Å². The van der Waals surface area contributed by atoms with E-state index in [-0.39, 0.29) is 23.8 Å². The molecule has 0 aliphatic rings. The maximum absolute atomic E-state index is 14.2. The lowest BCUT2D eigenvalue weighted by Crippen LogP contribution is -2.53. The van der Waals surface area contributed by atoms with E-state index in [9.17, 15) is 18.0 Å². The number of hydrogen-bond donors (Lipinski definition) is 1. The van der Waals surface area contributed by atoms with Gasteiger partial charge in [-0.25, -0.2) is 8.42 Å². The number of rotatable bonds is 11. The van der Waals surface area contributed by atoms with Crippen molar-refractivity contribution in [2.24, 2.45) is 0 Å². The van der Waals surface area contributed by atoms with Gasteiger partial charge in [0.1, 0.15) is 12.6 Å². The highest BCUT2D eigenvalue weighted by Crippen LogP contribution is 2.25. The van der Waals surface area contributed by atoms with E-state index in [0.717, 1.165) is 26.6 Å². The number of anilines is 1. The Balaban J connectivity index is 1.77. The van der Waals surface area contributed by atoms with Gasteiger partial charge < -0.3 is 10.2 Å². The molecule has 1 atom stereocenters. The molecule has 0 spiro atoms. The molecule has 41 heavy (non-hydrogen) atoms. The van der Waals surface area contributed by atoms with E-state index in [1.807, 2.05) is 68.4 Å². The van der Waals surface area contributed by atoms with Gasteiger partial charge in [0, 0.05) is 20.0 Å². The van der Waals surface area contributed by atoms with E-state index in [4.69, 9.17) is 0 Å². The summed E-state index contributed by atoms with van der Waals surface area (Å²) in [6.07, 6.45) is 0.272. The molecule has 2 amide bonds. The molecule has 4 rings (SSSR count). The van der Waals surface area contributed by atoms with Crippen LogP contribution in [0.4, 0.5) is 5.69 Å². The number of carbonyl (C=O) groups is 2. The van der Waals surface area contributed by atoms with Crippen LogP contribution in [0.3, 0.4) is 0 Å². The fourth-order valence-electron chi connectivity index (χ4n) is 4.57. The summed E-state index contributed by atoms with van der Waals surface area (Å²) in [6, 6.07) is 31.4. The second-order valence-electron chi connectivity index (χ2n) is 9.99. The maximum Gasteiger partial charge on any atom is 0.264 e. The van der Waals surface area contributed by atoms with E-state index in [2.05, 4.69) is 5.32 Å². The Hall–Kier alpha value is -4.43. The Bertz CT molecular complexity index is 1560. The summed E-state index contributed by atoms with van der Waals surface area (Å²) in [5.74, 6) is -0.822. The Morgan fingerprint density at radius 3 is 1.83 bits per heavy atom. The number of likely N-dealkylation sites (N-methyl/N-ethyl adjacent to an activating group) is 1. The molecule has 0 bridgehead atoms. The Kier molecular flexibility index (Phi) is 9.57. The van der Waals surface area contributed by atoms with Crippen molar-refractivity contribution in [3.8, 4) is 0 Å². The molecule has 0 saturated heterocycles. The van der Waals surface area contributed by atoms with Crippen LogP contribution in [-0.4, -0.2) is 44.8 Å². The second kappa shape index (κ2) is 13.3. The molecule has 0 fully saturated rings. The summed E-state index contributed by atoms with van der Waals surface area (Å²) in [6.45, 7) is 3.54. The first-order valence-corrected chi connectivity index (χ1v) is 14.9. The zero-order chi connectivity index (χ0) is 29.4. The Morgan fingerprint density at radius 1 is 0.732 bits per heavy atom. The molecule has 8 heteroatoms. The van der Waals surface area contributed by atoms with Crippen LogP contribution in [0, 0.1) is 13.8 Å². The van der Waals surface area contributed by atoms with Crippen molar-refractivity contribution in [1.29, 1.82) is 0 Å². The van der Waals surface area contributed by atoms with Crippen molar-refractivity contribution < 1.29 is 18.0 Å². The largest absolute Gasteiger partial charge is 0.357 e. The van der Waals surface area contributed by atoms with Crippen LogP contribution in [0.1, 0.15) is 22.3 Å². The average molecular weight is 570 g/mol. The summed E-state index contributed by atoms with van der Waals surface area (Å²) in [7, 11) is -2.56. The van der Waals surface area contributed by atoms with Crippen LogP contribution in [0.2, 0.25) is 0 Å². The van der Waals surface area contributed by atoms with E-state index >= 15 is 0 Å². The highest BCUT2D eigenvalue weighted by atomic mass is 32.2. The minimum absolute atomic E-state index is 0.0746. The van der Waals surface area contributed by atoms with Crippen LogP contribution in [0.25, 0.3) is 0 Å². The SMILES string of the molecule is CNC(=O)C(Cc1ccccc1)N(Cc1ccc(C)cc1)C(=O)CN(c1ccc(C)cc1)S(=O)(=O)c1ccccc1. The van der Waals surface area contributed by atoms with E-state index in [1.165, 1.54) is 24.1 Å². The number of aryl methyl sites for hydroxylation is 2. The van der Waals surface area contributed by atoms with Crippen LogP contribution < -0.4 is 9.62 Å². The molecule has 4 aromatic rings. The van der Waals surface area contributed by atoms with Gasteiger partial charge in [0.15, 0.2) is 0 Å². The van der Waals surface area contributed by atoms with Gasteiger partial charge in [0.05, 0.1) is 10.6 Å². The lowest BCUT2D eigenvalue weighted by Gasteiger charge is -2.33. The number of nitrogens with one attached hydrogen (secondary N) is 1. The number of hydrogen-bond acceptors (Lipinski definition) is 4. The Labute approximate surface area is 242 Å². The van der Waals surface area contributed by atoms with Crippen LogP contribution in [-0.2, 0) is 32.6 Å². The van der Waals surface area contributed by atoms with Crippen molar-refractivity contribution in [1.82, 2.24) is 10.2 Å². The maximum atomic E-state index is 14.2. The number of amides is 2. The molecule has 7 nitrogen and oxygen atoms in total. The molecule has 0 heterocycles. The zero-order valence-electron chi connectivity index (χ0n) is 23.5. The molecular formula is C33H35N3O4S. The van der Waals surface area contributed by atoms with Gasteiger partial charge >= 0.3 is 0 Å². The van der Waals surface area contributed by atoms with E-state index in [0.29, 0.717) is 5.69 Å². The standard InChI is InChI=1S/C33H35N3O4S/c1-25-14-18-28(19-15-25)23-35(31(33(38)34-3)22-27-10-6-4-7-11-27)32(37)24-36(29-20-16-26(2)17-21-29)41(39,40)30-12-8-5-9-13-30/h4-21,31H,22-24H2,1-3H3,(H,34,38). The predicted molar refractivity (Wildman–Crippen MR) is 162 cm³/mol. The molecule has 0 aliphatic carbocycles. The molecule has 4 aromatic carbocycles. The van der Waals surface area contributed by atoms with Gasteiger partial charge in [0.25, 0.3) is 10.0 Å². The van der Waals surface area contributed by atoms with Crippen LogP contribution in [0.5, 0.6) is 0 Å². The highest BCUT2D eigenvalue weighted by molar-refractivity contribution is 7.92. The third-order valence-corrected chi connectivity index (χ3v) is 8.71. The predicted octanol–water partition coefficient (Wildman–Crippen LogP) is 4.88. The fraction of sp³-hybridized carbons (Fsp3) is 0.212. The average Bonchev–Trinajstić information content (AvgIpc) is 2.99. The van der Waals surface area contributed by atoms with Crippen molar-refractivity contribution in [2.75, 3.05) is 17.9 Å². The fourth-order valence-corrected chi connectivity index (χ4v) is 6.01. The molecular weight excluding hydrogens is 534 g/mol. The van der Waals surface area contributed by atoms with E-state index in [1.54, 1.807) is 42.5 Å². The van der Waals surface area contributed by atoms with Gasteiger partial charge in [0.2, 0.25) is 11.8 Å². The number of sulfonamides is 1. The highest BCUT2D eigenvalue weighted by Gasteiger charge is 2.34. The lowest BCUT2D eigenvalue weighted by molar-refractivity contribution is -0.139. The third kappa shape index (κ3) is 7.41.